The standard InChI is InChI=1S/C21H17N3O3/c1-27-21(26)18-8-9-23-19(11-18)10-15-2-4-16(5-3-15)13-24-14-17(12-22)6-7-20(24)25/h2-9,11,14H,10,13H2,1H3. The molecular weight excluding hydrogens is 342 g/mol. The number of pyridine rings is 2. The van der Waals surface area contributed by atoms with Crippen LogP contribution in [0, 0.1) is 11.3 Å². The molecule has 0 spiro atoms. The first kappa shape index (κ1) is 18.1. The summed E-state index contributed by atoms with van der Waals surface area (Å²) in [6.07, 6.45) is 3.72. The molecule has 6 nitrogen and oxygen atoms in total. The number of esters is 1. The molecule has 0 atom stereocenters. The summed E-state index contributed by atoms with van der Waals surface area (Å²) >= 11 is 0. The van der Waals surface area contributed by atoms with E-state index in [4.69, 9.17) is 10.00 Å². The van der Waals surface area contributed by atoms with E-state index in [0.717, 1.165) is 16.8 Å². The van der Waals surface area contributed by atoms with Crippen LogP contribution >= 0.6 is 0 Å². The van der Waals surface area contributed by atoms with Crippen LogP contribution in [0.15, 0.2) is 65.7 Å². The van der Waals surface area contributed by atoms with Crippen LogP contribution in [0.25, 0.3) is 0 Å². The zero-order valence-electron chi connectivity index (χ0n) is 14.8. The van der Waals surface area contributed by atoms with Gasteiger partial charge in [0.15, 0.2) is 0 Å². The van der Waals surface area contributed by atoms with Gasteiger partial charge in [-0.15, -0.1) is 0 Å². The number of aromatic nitrogens is 2. The molecule has 0 aliphatic rings. The van der Waals surface area contributed by atoms with Crippen molar-refractivity contribution in [2.75, 3.05) is 7.11 Å². The van der Waals surface area contributed by atoms with E-state index in [2.05, 4.69) is 4.98 Å². The van der Waals surface area contributed by atoms with Crippen molar-refractivity contribution in [3.05, 3.63) is 99.2 Å². The molecule has 134 valence electrons. The average molecular weight is 359 g/mol. The van der Waals surface area contributed by atoms with Crippen molar-refractivity contribution in [1.82, 2.24) is 9.55 Å². The first-order valence-corrected chi connectivity index (χ1v) is 8.30. The zero-order valence-corrected chi connectivity index (χ0v) is 14.8. The monoisotopic (exact) mass is 359 g/mol. The number of hydrogen-bond donors (Lipinski definition) is 0. The zero-order chi connectivity index (χ0) is 19.2. The highest BCUT2D eigenvalue weighted by molar-refractivity contribution is 5.89. The number of benzene rings is 1. The minimum Gasteiger partial charge on any atom is -0.465 e. The Morgan fingerprint density at radius 1 is 1.15 bits per heavy atom. The van der Waals surface area contributed by atoms with Crippen molar-refractivity contribution in [2.45, 2.75) is 13.0 Å². The topological polar surface area (TPSA) is 85.0 Å². The molecule has 3 rings (SSSR count). The lowest BCUT2D eigenvalue weighted by Crippen LogP contribution is -2.19. The van der Waals surface area contributed by atoms with Gasteiger partial charge in [0, 0.05) is 30.6 Å². The highest BCUT2D eigenvalue weighted by Crippen LogP contribution is 2.12. The highest BCUT2D eigenvalue weighted by Gasteiger charge is 2.07. The van der Waals surface area contributed by atoms with Gasteiger partial charge in [0.25, 0.3) is 5.56 Å². The first-order valence-electron chi connectivity index (χ1n) is 8.30. The second-order valence-corrected chi connectivity index (χ2v) is 6.02. The van der Waals surface area contributed by atoms with E-state index in [0.29, 0.717) is 24.1 Å². The Balaban J connectivity index is 1.74. The number of methoxy groups -OCH3 is 1. The number of carbonyl (C=O) groups is 1. The lowest BCUT2D eigenvalue weighted by molar-refractivity contribution is 0.0600. The van der Waals surface area contributed by atoms with Crippen LogP contribution in [0.4, 0.5) is 0 Å². The summed E-state index contributed by atoms with van der Waals surface area (Å²) in [5.41, 5.74) is 3.52. The van der Waals surface area contributed by atoms with Crippen molar-refractivity contribution >= 4 is 5.97 Å². The van der Waals surface area contributed by atoms with Gasteiger partial charge in [0.2, 0.25) is 0 Å². The van der Waals surface area contributed by atoms with Gasteiger partial charge >= 0.3 is 5.97 Å². The van der Waals surface area contributed by atoms with Gasteiger partial charge in [0.1, 0.15) is 6.07 Å². The van der Waals surface area contributed by atoms with E-state index in [-0.39, 0.29) is 11.5 Å². The third-order valence-electron chi connectivity index (χ3n) is 4.11. The molecule has 0 unspecified atom stereocenters. The summed E-state index contributed by atoms with van der Waals surface area (Å²) in [6, 6.07) is 16.1. The van der Waals surface area contributed by atoms with Crippen molar-refractivity contribution in [1.29, 1.82) is 5.26 Å². The predicted molar refractivity (Wildman–Crippen MR) is 99.3 cm³/mol. The fourth-order valence-corrected chi connectivity index (χ4v) is 2.71. The summed E-state index contributed by atoms with van der Waals surface area (Å²) < 4.78 is 6.23. The maximum atomic E-state index is 11.9. The Kier molecular flexibility index (Phi) is 5.43. The third kappa shape index (κ3) is 4.47. The smallest absolute Gasteiger partial charge is 0.337 e. The van der Waals surface area contributed by atoms with E-state index in [1.54, 1.807) is 24.5 Å². The van der Waals surface area contributed by atoms with E-state index < -0.39 is 0 Å². The van der Waals surface area contributed by atoms with Gasteiger partial charge in [-0.25, -0.2) is 4.79 Å². The molecular formula is C21H17N3O3. The Hall–Kier alpha value is -3.72. The van der Waals surface area contributed by atoms with Crippen LogP contribution in [-0.2, 0) is 17.7 Å². The van der Waals surface area contributed by atoms with Crippen LogP contribution in [0.1, 0.15) is 32.7 Å². The van der Waals surface area contributed by atoms with Crippen molar-refractivity contribution in [3.63, 3.8) is 0 Å². The Bertz CT molecular complexity index is 1060. The second kappa shape index (κ2) is 8.11. The number of rotatable bonds is 5. The number of carbonyl (C=O) groups excluding carboxylic acids is 1. The maximum Gasteiger partial charge on any atom is 0.337 e. The molecule has 2 aromatic heterocycles. The summed E-state index contributed by atoms with van der Waals surface area (Å²) in [5, 5.41) is 8.96. The summed E-state index contributed by atoms with van der Waals surface area (Å²) in [6.45, 7) is 0.394. The van der Waals surface area contributed by atoms with Crippen LogP contribution in [0.5, 0.6) is 0 Å². The normalized spacial score (nSPS) is 10.2. The first-order chi connectivity index (χ1) is 13.1. The van der Waals surface area contributed by atoms with Crippen LogP contribution in [0.2, 0.25) is 0 Å². The molecule has 2 heterocycles. The molecule has 0 fully saturated rings. The molecule has 0 radical (unpaired) electrons. The molecule has 0 amide bonds. The molecule has 27 heavy (non-hydrogen) atoms. The number of nitriles is 1. The molecule has 3 aromatic rings. The molecule has 1 aromatic carbocycles. The van der Waals surface area contributed by atoms with E-state index in [1.165, 1.54) is 23.8 Å². The molecule has 0 bridgehead atoms. The minimum atomic E-state index is -0.390. The van der Waals surface area contributed by atoms with Gasteiger partial charge in [-0.2, -0.15) is 5.26 Å². The number of nitrogens with zero attached hydrogens (tertiary/aromatic N) is 3. The quantitative estimate of drug-likeness (QED) is 0.654. The predicted octanol–water partition coefficient (Wildman–Crippen LogP) is 2.54. The molecule has 0 aliphatic carbocycles. The van der Waals surface area contributed by atoms with Gasteiger partial charge in [0.05, 0.1) is 24.8 Å². The molecule has 0 aliphatic heterocycles. The van der Waals surface area contributed by atoms with Gasteiger partial charge < -0.3 is 9.30 Å². The van der Waals surface area contributed by atoms with Crippen LogP contribution in [0.3, 0.4) is 0 Å². The summed E-state index contributed by atoms with van der Waals surface area (Å²) in [5.74, 6) is -0.390. The molecule has 6 heteroatoms. The Morgan fingerprint density at radius 3 is 2.59 bits per heavy atom. The summed E-state index contributed by atoms with van der Waals surface area (Å²) in [4.78, 5) is 27.8. The lowest BCUT2D eigenvalue weighted by atomic mass is 10.1. The lowest BCUT2D eigenvalue weighted by Gasteiger charge is -2.08. The molecule has 0 N–H and O–H groups in total. The fourth-order valence-electron chi connectivity index (χ4n) is 2.71. The van der Waals surface area contributed by atoms with Crippen LogP contribution < -0.4 is 5.56 Å². The van der Waals surface area contributed by atoms with Crippen molar-refractivity contribution < 1.29 is 9.53 Å². The van der Waals surface area contributed by atoms with Crippen LogP contribution in [-0.4, -0.2) is 22.6 Å². The van der Waals surface area contributed by atoms with Gasteiger partial charge in [-0.1, -0.05) is 24.3 Å². The Morgan fingerprint density at radius 2 is 1.89 bits per heavy atom. The van der Waals surface area contributed by atoms with E-state index >= 15 is 0 Å². The largest absolute Gasteiger partial charge is 0.465 e. The third-order valence-corrected chi connectivity index (χ3v) is 4.11. The SMILES string of the molecule is COC(=O)c1ccnc(Cc2ccc(Cn3cc(C#N)ccc3=O)cc2)c1. The van der Waals surface area contributed by atoms with E-state index in [9.17, 15) is 9.59 Å². The molecule has 0 saturated heterocycles. The fraction of sp³-hybridized carbons (Fsp3) is 0.143. The highest BCUT2D eigenvalue weighted by atomic mass is 16.5. The second-order valence-electron chi connectivity index (χ2n) is 6.02. The maximum absolute atomic E-state index is 11.9. The van der Waals surface area contributed by atoms with Gasteiger partial charge in [-0.3, -0.25) is 9.78 Å². The average Bonchev–Trinajstić information content (AvgIpc) is 2.70. The Labute approximate surface area is 156 Å². The van der Waals surface area contributed by atoms with E-state index in [1.807, 2.05) is 30.3 Å². The van der Waals surface area contributed by atoms with Gasteiger partial charge in [-0.05, 0) is 29.3 Å². The summed E-state index contributed by atoms with van der Waals surface area (Å²) in [7, 11) is 1.35. The number of ether oxygens (including phenoxy) is 1. The number of hydrogen-bond acceptors (Lipinski definition) is 5. The van der Waals surface area contributed by atoms with Crippen molar-refractivity contribution in [3.8, 4) is 6.07 Å². The molecule has 0 saturated carbocycles. The van der Waals surface area contributed by atoms with Crippen molar-refractivity contribution in [2.24, 2.45) is 0 Å². The minimum absolute atomic E-state index is 0.151.